The zero-order valence-corrected chi connectivity index (χ0v) is 13.2. The van der Waals surface area contributed by atoms with Crippen LogP contribution in [0.4, 0.5) is 4.39 Å². The Balaban J connectivity index is 1.61. The fourth-order valence-corrected chi connectivity index (χ4v) is 2.70. The van der Waals surface area contributed by atoms with Gasteiger partial charge < -0.3 is 5.32 Å². The Morgan fingerprint density at radius 3 is 2.68 bits per heavy atom. The number of nitrogens with one attached hydrogen (secondary N) is 3. The molecule has 1 saturated heterocycles. The van der Waals surface area contributed by atoms with Crippen LogP contribution in [0, 0.1) is 5.82 Å². The van der Waals surface area contributed by atoms with E-state index < -0.39 is 0 Å². The van der Waals surface area contributed by atoms with Crippen LogP contribution < -0.4 is 16.2 Å². The summed E-state index contributed by atoms with van der Waals surface area (Å²) in [5, 5.41) is 2.91. The fraction of sp³-hybridized carbons (Fsp3) is 0.188. The third kappa shape index (κ3) is 3.52. The monoisotopic (exact) mass is 363 g/mol. The lowest BCUT2D eigenvalue weighted by atomic mass is 10.0. The Hall–Kier alpha value is -1.76. The molecule has 6 heteroatoms. The van der Waals surface area contributed by atoms with Crippen LogP contribution in [0.25, 0.3) is 0 Å². The molecular formula is C16H15BrFN3O. The highest BCUT2D eigenvalue weighted by molar-refractivity contribution is 9.10. The topological polar surface area (TPSA) is 53.2 Å². The fourth-order valence-electron chi connectivity index (χ4n) is 2.44. The predicted octanol–water partition coefficient (Wildman–Crippen LogP) is 2.88. The quantitative estimate of drug-likeness (QED) is 0.785. The Labute approximate surface area is 136 Å². The molecule has 2 aromatic rings. The maximum atomic E-state index is 13.3. The van der Waals surface area contributed by atoms with Crippen molar-refractivity contribution < 1.29 is 9.18 Å². The molecule has 1 aliphatic heterocycles. The molecule has 114 valence electrons. The van der Waals surface area contributed by atoms with Gasteiger partial charge in [0.25, 0.3) is 5.91 Å². The number of hydrogen-bond donors (Lipinski definition) is 3. The van der Waals surface area contributed by atoms with E-state index in [1.54, 1.807) is 18.2 Å². The largest absolute Gasteiger partial charge is 0.335 e. The standard InChI is InChI=1S/C16H15BrFN3O/c17-12-6-4-10(5-7-12)16(22)19-15-9-14(20-21-15)11-2-1-3-13(18)8-11/h1-8,14-15,20-21H,9H2,(H,19,22). The summed E-state index contributed by atoms with van der Waals surface area (Å²) in [6.07, 6.45) is 0.440. The van der Waals surface area contributed by atoms with Gasteiger partial charge in [-0.1, -0.05) is 28.1 Å². The number of carbonyl (C=O) groups is 1. The van der Waals surface area contributed by atoms with Crippen molar-refractivity contribution in [3.8, 4) is 0 Å². The molecule has 1 fully saturated rings. The van der Waals surface area contributed by atoms with Gasteiger partial charge in [0.15, 0.2) is 0 Å². The van der Waals surface area contributed by atoms with Crippen molar-refractivity contribution in [3.63, 3.8) is 0 Å². The van der Waals surface area contributed by atoms with Gasteiger partial charge in [-0.25, -0.2) is 15.2 Å². The van der Waals surface area contributed by atoms with Crippen molar-refractivity contribution in [3.05, 3.63) is 69.9 Å². The molecule has 3 N–H and O–H groups in total. The Morgan fingerprint density at radius 2 is 1.95 bits per heavy atom. The van der Waals surface area contributed by atoms with Gasteiger partial charge in [0, 0.05) is 22.5 Å². The zero-order valence-electron chi connectivity index (χ0n) is 11.6. The van der Waals surface area contributed by atoms with E-state index in [2.05, 4.69) is 32.1 Å². The maximum absolute atomic E-state index is 13.3. The van der Waals surface area contributed by atoms with Crippen LogP contribution >= 0.6 is 15.9 Å². The SMILES string of the molecule is O=C(NC1CC(c2cccc(F)c2)NN1)c1ccc(Br)cc1. The number of hydrogen-bond acceptors (Lipinski definition) is 3. The number of benzene rings is 2. The summed E-state index contributed by atoms with van der Waals surface area (Å²) in [6.45, 7) is 0. The van der Waals surface area contributed by atoms with E-state index in [-0.39, 0.29) is 23.9 Å². The van der Waals surface area contributed by atoms with Gasteiger partial charge in [0.05, 0.1) is 6.17 Å². The second-order valence-corrected chi connectivity index (χ2v) is 6.08. The molecule has 0 radical (unpaired) electrons. The first-order valence-electron chi connectivity index (χ1n) is 6.95. The minimum absolute atomic E-state index is 0.0362. The molecule has 2 unspecified atom stereocenters. The molecular weight excluding hydrogens is 349 g/mol. The van der Waals surface area contributed by atoms with Gasteiger partial charge in [-0.15, -0.1) is 0 Å². The summed E-state index contributed by atoms with van der Waals surface area (Å²) in [5.41, 5.74) is 7.55. The highest BCUT2D eigenvalue weighted by Crippen LogP contribution is 2.22. The first-order chi connectivity index (χ1) is 10.6. The minimum atomic E-state index is -0.262. The Morgan fingerprint density at radius 1 is 1.18 bits per heavy atom. The molecule has 1 aliphatic rings. The molecule has 22 heavy (non-hydrogen) atoms. The summed E-state index contributed by atoms with van der Waals surface area (Å²) in [4.78, 5) is 12.2. The highest BCUT2D eigenvalue weighted by atomic mass is 79.9. The zero-order chi connectivity index (χ0) is 15.5. The number of hydrazine groups is 1. The molecule has 1 heterocycles. The molecule has 4 nitrogen and oxygen atoms in total. The van der Waals surface area contributed by atoms with Crippen LogP contribution in [0.1, 0.15) is 28.4 Å². The van der Waals surface area contributed by atoms with Crippen LogP contribution in [0.3, 0.4) is 0 Å². The third-order valence-corrected chi connectivity index (χ3v) is 4.09. The molecule has 0 aliphatic carbocycles. The maximum Gasteiger partial charge on any atom is 0.252 e. The average Bonchev–Trinajstić information content (AvgIpc) is 2.96. The number of amides is 1. The summed E-state index contributed by atoms with van der Waals surface area (Å²) in [5.74, 6) is -0.409. The van der Waals surface area contributed by atoms with Crippen molar-refractivity contribution in [2.24, 2.45) is 0 Å². The van der Waals surface area contributed by atoms with E-state index in [1.807, 2.05) is 18.2 Å². The first kappa shape index (κ1) is 15.1. The number of halogens is 2. The van der Waals surface area contributed by atoms with Crippen molar-refractivity contribution in [1.82, 2.24) is 16.2 Å². The lowest BCUT2D eigenvalue weighted by molar-refractivity contribution is 0.0932. The van der Waals surface area contributed by atoms with Crippen LogP contribution in [-0.4, -0.2) is 12.1 Å². The van der Waals surface area contributed by atoms with E-state index in [9.17, 15) is 9.18 Å². The normalized spacial score (nSPS) is 20.8. The van der Waals surface area contributed by atoms with E-state index in [1.165, 1.54) is 12.1 Å². The van der Waals surface area contributed by atoms with Crippen molar-refractivity contribution in [1.29, 1.82) is 0 Å². The van der Waals surface area contributed by atoms with E-state index in [4.69, 9.17) is 0 Å². The van der Waals surface area contributed by atoms with E-state index >= 15 is 0 Å². The predicted molar refractivity (Wildman–Crippen MR) is 85.4 cm³/mol. The molecule has 2 atom stereocenters. The minimum Gasteiger partial charge on any atom is -0.335 e. The number of carbonyl (C=O) groups excluding carboxylic acids is 1. The highest BCUT2D eigenvalue weighted by Gasteiger charge is 2.26. The second kappa shape index (κ2) is 6.56. The lowest BCUT2D eigenvalue weighted by Crippen LogP contribution is -2.44. The van der Waals surface area contributed by atoms with Crippen molar-refractivity contribution >= 4 is 21.8 Å². The summed E-state index contributed by atoms with van der Waals surface area (Å²) < 4.78 is 14.2. The van der Waals surface area contributed by atoms with Gasteiger partial charge in [-0.05, 0) is 42.0 Å². The summed E-state index contributed by atoms with van der Waals surface area (Å²) in [7, 11) is 0. The van der Waals surface area contributed by atoms with E-state index in [0.29, 0.717) is 12.0 Å². The summed E-state index contributed by atoms with van der Waals surface area (Å²) in [6, 6.07) is 13.6. The van der Waals surface area contributed by atoms with Gasteiger partial charge in [-0.3, -0.25) is 4.79 Å². The van der Waals surface area contributed by atoms with Crippen molar-refractivity contribution in [2.75, 3.05) is 0 Å². The van der Waals surface area contributed by atoms with E-state index in [0.717, 1.165) is 10.0 Å². The molecule has 0 aromatic heterocycles. The molecule has 1 amide bonds. The Bertz CT molecular complexity index is 677. The summed E-state index contributed by atoms with van der Waals surface area (Å²) >= 11 is 3.34. The van der Waals surface area contributed by atoms with Gasteiger partial charge in [0.1, 0.15) is 5.82 Å². The molecule has 0 spiro atoms. The van der Waals surface area contributed by atoms with Crippen molar-refractivity contribution in [2.45, 2.75) is 18.6 Å². The smallest absolute Gasteiger partial charge is 0.252 e. The van der Waals surface area contributed by atoms with Crippen LogP contribution in [0.5, 0.6) is 0 Å². The molecule has 0 saturated carbocycles. The lowest BCUT2D eigenvalue weighted by Gasteiger charge is -2.12. The van der Waals surface area contributed by atoms with Gasteiger partial charge >= 0.3 is 0 Å². The molecule has 0 bridgehead atoms. The van der Waals surface area contributed by atoms with Gasteiger partial charge in [0.2, 0.25) is 0 Å². The number of rotatable bonds is 3. The third-order valence-electron chi connectivity index (χ3n) is 3.57. The van der Waals surface area contributed by atoms with Crippen LogP contribution in [0.2, 0.25) is 0 Å². The van der Waals surface area contributed by atoms with Gasteiger partial charge in [-0.2, -0.15) is 0 Å². The Kier molecular flexibility index (Phi) is 4.52. The van der Waals surface area contributed by atoms with Crippen LogP contribution in [-0.2, 0) is 0 Å². The first-order valence-corrected chi connectivity index (χ1v) is 7.74. The molecule has 3 rings (SSSR count). The van der Waals surface area contributed by atoms with Crippen LogP contribution in [0.15, 0.2) is 53.0 Å². The second-order valence-electron chi connectivity index (χ2n) is 5.16. The molecule has 2 aromatic carbocycles. The average molecular weight is 364 g/mol.